The normalized spacial score (nSPS) is 12.1. The van der Waals surface area contributed by atoms with Crippen molar-refractivity contribution in [3.63, 3.8) is 0 Å². The van der Waals surface area contributed by atoms with Crippen LogP contribution in [0.25, 0.3) is 0 Å². The summed E-state index contributed by atoms with van der Waals surface area (Å²) in [4.78, 5) is 39.5. The molecule has 7 nitrogen and oxygen atoms in total. The number of carbonyl (C=O) groups excluding carboxylic acids is 3. The SMILES string of the molecule is COC(=O)[C@@H](CC(C)C)NC(=O)c1ccc(C(=O)N(C(C)C)C(C)C)cc1OC. The summed E-state index contributed by atoms with van der Waals surface area (Å²) < 4.78 is 10.2. The highest BCUT2D eigenvalue weighted by atomic mass is 16.5. The number of carbonyl (C=O) groups is 3. The zero-order valence-corrected chi connectivity index (χ0v) is 18.7. The molecular weight excluding hydrogens is 372 g/mol. The lowest BCUT2D eigenvalue weighted by Crippen LogP contribution is -2.43. The third kappa shape index (κ3) is 6.48. The molecule has 1 aromatic rings. The van der Waals surface area contributed by atoms with Gasteiger partial charge in [-0.25, -0.2) is 4.79 Å². The molecule has 0 aliphatic rings. The van der Waals surface area contributed by atoms with E-state index in [0.717, 1.165) is 0 Å². The summed E-state index contributed by atoms with van der Waals surface area (Å²) in [6.07, 6.45) is 0.453. The quantitative estimate of drug-likeness (QED) is 0.636. The average molecular weight is 407 g/mol. The molecule has 1 atom stereocenters. The second kappa shape index (κ2) is 10.8. The van der Waals surface area contributed by atoms with Crippen molar-refractivity contribution in [2.75, 3.05) is 14.2 Å². The Morgan fingerprint density at radius 1 is 1.00 bits per heavy atom. The minimum atomic E-state index is -0.754. The van der Waals surface area contributed by atoms with E-state index < -0.39 is 17.9 Å². The molecule has 1 N–H and O–H groups in total. The summed E-state index contributed by atoms with van der Waals surface area (Å²) in [6, 6.07) is 4.03. The van der Waals surface area contributed by atoms with Crippen molar-refractivity contribution < 1.29 is 23.9 Å². The number of ether oxygens (including phenoxy) is 2. The van der Waals surface area contributed by atoms with Crippen molar-refractivity contribution in [2.45, 2.75) is 66.1 Å². The summed E-state index contributed by atoms with van der Waals surface area (Å²) in [5, 5.41) is 2.71. The predicted octanol–water partition coefficient (Wildman–Crippen LogP) is 3.27. The summed E-state index contributed by atoms with van der Waals surface area (Å²) >= 11 is 0. The second-order valence-electron chi connectivity index (χ2n) is 7.99. The molecule has 0 aliphatic heterocycles. The highest BCUT2D eigenvalue weighted by Gasteiger charge is 2.26. The van der Waals surface area contributed by atoms with Crippen LogP contribution in [0.15, 0.2) is 18.2 Å². The van der Waals surface area contributed by atoms with E-state index in [4.69, 9.17) is 9.47 Å². The van der Waals surface area contributed by atoms with Gasteiger partial charge in [0.05, 0.1) is 19.8 Å². The fourth-order valence-electron chi connectivity index (χ4n) is 3.29. The van der Waals surface area contributed by atoms with Crippen LogP contribution < -0.4 is 10.1 Å². The molecule has 2 amide bonds. The molecule has 162 valence electrons. The summed E-state index contributed by atoms with van der Waals surface area (Å²) in [5.41, 5.74) is 0.690. The number of amides is 2. The molecule has 0 aromatic heterocycles. The van der Waals surface area contributed by atoms with Crippen LogP contribution in [-0.4, -0.2) is 55.0 Å². The minimum absolute atomic E-state index is 0.0355. The maximum absolute atomic E-state index is 12.9. The monoisotopic (exact) mass is 406 g/mol. The van der Waals surface area contributed by atoms with Crippen LogP contribution in [0.3, 0.4) is 0 Å². The molecule has 0 spiro atoms. The number of hydrogen-bond donors (Lipinski definition) is 1. The Labute approximate surface area is 173 Å². The molecule has 7 heteroatoms. The van der Waals surface area contributed by atoms with E-state index in [9.17, 15) is 14.4 Å². The molecule has 0 bridgehead atoms. The first-order valence-corrected chi connectivity index (χ1v) is 9.92. The predicted molar refractivity (Wildman–Crippen MR) is 112 cm³/mol. The van der Waals surface area contributed by atoms with E-state index in [-0.39, 0.29) is 35.2 Å². The van der Waals surface area contributed by atoms with Crippen LogP contribution in [0.1, 0.15) is 68.7 Å². The third-order valence-electron chi connectivity index (χ3n) is 4.54. The van der Waals surface area contributed by atoms with E-state index >= 15 is 0 Å². The van der Waals surface area contributed by atoms with Gasteiger partial charge in [0.2, 0.25) is 0 Å². The molecule has 1 rings (SSSR count). The van der Waals surface area contributed by atoms with Crippen LogP contribution >= 0.6 is 0 Å². The first-order valence-electron chi connectivity index (χ1n) is 9.92. The molecule has 0 heterocycles. The van der Waals surface area contributed by atoms with Crippen molar-refractivity contribution in [3.8, 4) is 5.75 Å². The third-order valence-corrected chi connectivity index (χ3v) is 4.54. The molecule has 1 aromatic carbocycles. The molecule has 0 radical (unpaired) electrons. The van der Waals surface area contributed by atoms with Crippen LogP contribution in [0, 0.1) is 5.92 Å². The van der Waals surface area contributed by atoms with Crippen LogP contribution in [0.4, 0.5) is 0 Å². The largest absolute Gasteiger partial charge is 0.496 e. The molecule has 29 heavy (non-hydrogen) atoms. The highest BCUT2D eigenvalue weighted by molar-refractivity contribution is 6.01. The van der Waals surface area contributed by atoms with Gasteiger partial charge in [-0.15, -0.1) is 0 Å². The van der Waals surface area contributed by atoms with E-state index in [1.165, 1.54) is 14.2 Å². The fraction of sp³-hybridized carbons (Fsp3) is 0.591. The van der Waals surface area contributed by atoms with Gasteiger partial charge in [0, 0.05) is 17.6 Å². The zero-order chi connectivity index (χ0) is 22.3. The maximum atomic E-state index is 12.9. The highest BCUT2D eigenvalue weighted by Crippen LogP contribution is 2.23. The summed E-state index contributed by atoms with van der Waals surface area (Å²) in [5.74, 6) is -0.621. The van der Waals surface area contributed by atoms with Gasteiger partial charge in [-0.05, 0) is 58.2 Å². The van der Waals surface area contributed by atoms with E-state index in [2.05, 4.69) is 5.32 Å². The van der Waals surface area contributed by atoms with E-state index in [0.29, 0.717) is 12.0 Å². The lowest BCUT2D eigenvalue weighted by molar-refractivity contribution is -0.143. The Hall–Kier alpha value is -2.57. The van der Waals surface area contributed by atoms with Gasteiger partial charge in [-0.2, -0.15) is 0 Å². The minimum Gasteiger partial charge on any atom is -0.496 e. The standard InChI is InChI=1S/C22H34N2O5/c1-13(2)11-18(22(27)29-8)23-20(25)17-10-9-16(12-19(17)28-7)21(26)24(14(3)4)15(5)6/h9-10,12-15,18H,11H2,1-8H3,(H,23,25)/t18-/m1/s1. The molecule has 0 saturated heterocycles. The lowest BCUT2D eigenvalue weighted by Gasteiger charge is -2.31. The van der Waals surface area contributed by atoms with Crippen LogP contribution in [0.5, 0.6) is 5.75 Å². The number of rotatable bonds is 9. The van der Waals surface area contributed by atoms with Gasteiger partial charge in [0.25, 0.3) is 11.8 Å². The van der Waals surface area contributed by atoms with E-state index in [1.807, 2.05) is 41.5 Å². The molecule has 0 unspecified atom stereocenters. The maximum Gasteiger partial charge on any atom is 0.328 e. The summed E-state index contributed by atoms with van der Waals surface area (Å²) in [7, 11) is 2.73. The fourth-order valence-corrected chi connectivity index (χ4v) is 3.29. The van der Waals surface area contributed by atoms with Crippen LogP contribution in [0.2, 0.25) is 0 Å². The Morgan fingerprint density at radius 2 is 1.59 bits per heavy atom. The number of nitrogens with zero attached hydrogens (tertiary/aromatic N) is 1. The number of methoxy groups -OCH3 is 2. The number of nitrogens with one attached hydrogen (secondary N) is 1. The van der Waals surface area contributed by atoms with Gasteiger partial charge in [0.1, 0.15) is 11.8 Å². The van der Waals surface area contributed by atoms with E-state index in [1.54, 1.807) is 23.1 Å². The number of esters is 1. The first kappa shape index (κ1) is 24.5. The Bertz CT molecular complexity index is 720. The zero-order valence-electron chi connectivity index (χ0n) is 18.7. The number of hydrogen-bond acceptors (Lipinski definition) is 5. The lowest BCUT2D eigenvalue weighted by atomic mass is 10.0. The molecule has 0 aliphatic carbocycles. The van der Waals surface area contributed by atoms with Crippen molar-refractivity contribution >= 4 is 17.8 Å². The first-order chi connectivity index (χ1) is 13.5. The molecule has 0 saturated carbocycles. The molecular formula is C22H34N2O5. The van der Waals surface area contributed by atoms with Crippen molar-refractivity contribution in [3.05, 3.63) is 29.3 Å². The summed E-state index contributed by atoms with van der Waals surface area (Å²) in [6.45, 7) is 11.7. The van der Waals surface area contributed by atoms with Crippen molar-refractivity contribution in [1.29, 1.82) is 0 Å². The smallest absolute Gasteiger partial charge is 0.328 e. The topological polar surface area (TPSA) is 84.9 Å². The second-order valence-corrected chi connectivity index (χ2v) is 7.99. The van der Waals surface area contributed by atoms with Crippen molar-refractivity contribution in [2.24, 2.45) is 5.92 Å². The Balaban J connectivity index is 3.16. The Morgan fingerprint density at radius 3 is 2.03 bits per heavy atom. The van der Waals surface area contributed by atoms with Gasteiger partial charge < -0.3 is 19.7 Å². The Kier molecular flexibility index (Phi) is 9.14. The average Bonchev–Trinajstić information content (AvgIpc) is 2.65. The van der Waals surface area contributed by atoms with Gasteiger partial charge in [-0.1, -0.05) is 13.8 Å². The van der Waals surface area contributed by atoms with Gasteiger partial charge in [-0.3, -0.25) is 9.59 Å². The van der Waals surface area contributed by atoms with Gasteiger partial charge >= 0.3 is 5.97 Å². The van der Waals surface area contributed by atoms with Crippen molar-refractivity contribution in [1.82, 2.24) is 10.2 Å². The number of benzene rings is 1. The van der Waals surface area contributed by atoms with Crippen LogP contribution in [-0.2, 0) is 9.53 Å². The molecule has 0 fully saturated rings. The van der Waals surface area contributed by atoms with Gasteiger partial charge in [0.15, 0.2) is 0 Å².